The van der Waals surface area contributed by atoms with Crippen LogP contribution in [0.25, 0.3) is 0 Å². The van der Waals surface area contributed by atoms with Gasteiger partial charge in [-0.2, -0.15) is 0 Å². The average Bonchev–Trinajstić information content (AvgIpc) is 2.36. The zero-order valence-corrected chi connectivity index (χ0v) is 13.4. The molecule has 1 aromatic carbocycles. The van der Waals surface area contributed by atoms with Gasteiger partial charge in [0, 0.05) is 12.4 Å². The highest BCUT2D eigenvalue weighted by molar-refractivity contribution is 7.89. The summed E-state index contributed by atoms with van der Waals surface area (Å²) >= 11 is 17.1. The molecule has 0 saturated carbocycles. The van der Waals surface area contributed by atoms with Gasteiger partial charge in [-0.1, -0.05) is 36.0 Å². The van der Waals surface area contributed by atoms with Gasteiger partial charge in [-0.05, 0) is 31.0 Å². The Kier molecular flexibility index (Phi) is 7.47. The van der Waals surface area contributed by atoms with Crippen molar-refractivity contribution < 1.29 is 8.42 Å². The highest BCUT2D eigenvalue weighted by Gasteiger charge is 2.14. The van der Waals surface area contributed by atoms with Crippen LogP contribution in [0.4, 0.5) is 0 Å². The largest absolute Gasteiger partial charge is 0.240 e. The van der Waals surface area contributed by atoms with Crippen molar-refractivity contribution in [2.75, 3.05) is 12.4 Å². The van der Waals surface area contributed by atoms with Crippen molar-refractivity contribution in [1.82, 2.24) is 4.72 Å². The molecule has 0 saturated heterocycles. The summed E-state index contributed by atoms with van der Waals surface area (Å²) in [5.74, 6) is 0.648. The summed E-state index contributed by atoms with van der Waals surface area (Å²) in [6, 6.07) is 4.25. The molecule has 1 N–H and O–H groups in total. The van der Waals surface area contributed by atoms with E-state index in [1.807, 2.05) is 0 Å². The van der Waals surface area contributed by atoms with Crippen molar-refractivity contribution in [1.29, 1.82) is 0 Å². The molecule has 0 atom stereocenters. The number of rotatable bonds is 8. The lowest BCUT2D eigenvalue weighted by Gasteiger charge is -2.07. The Labute approximate surface area is 129 Å². The summed E-state index contributed by atoms with van der Waals surface area (Å²) in [7, 11) is -3.51. The van der Waals surface area contributed by atoms with Crippen molar-refractivity contribution in [3.63, 3.8) is 0 Å². The third-order valence-electron chi connectivity index (χ3n) is 2.55. The SMILES string of the molecule is O=S(=O)(NCCCCCCCl)c1ccc(Cl)c(Cl)c1. The molecule has 0 aliphatic rings. The predicted molar refractivity (Wildman–Crippen MR) is 80.8 cm³/mol. The summed E-state index contributed by atoms with van der Waals surface area (Å²) in [6.45, 7) is 0.408. The van der Waals surface area contributed by atoms with Gasteiger partial charge in [0.25, 0.3) is 0 Å². The number of alkyl halides is 1. The Bertz CT molecular complexity index is 506. The monoisotopic (exact) mass is 343 g/mol. The molecule has 0 aliphatic heterocycles. The number of hydrogen-bond donors (Lipinski definition) is 1. The summed E-state index contributed by atoms with van der Waals surface area (Å²) in [6.07, 6.45) is 3.72. The first-order chi connectivity index (χ1) is 8.97. The molecular weight excluding hydrogens is 329 g/mol. The molecule has 0 amide bonds. The fraction of sp³-hybridized carbons (Fsp3) is 0.500. The minimum atomic E-state index is -3.51. The van der Waals surface area contributed by atoms with E-state index in [0.717, 1.165) is 25.7 Å². The second-order valence-electron chi connectivity index (χ2n) is 4.08. The fourth-order valence-electron chi connectivity index (χ4n) is 1.51. The van der Waals surface area contributed by atoms with Gasteiger partial charge in [-0.25, -0.2) is 13.1 Å². The van der Waals surface area contributed by atoms with Crippen LogP contribution in [0.1, 0.15) is 25.7 Å². The number of halogens is 3. The van der Waals surface area contributed by atoms with Gasteiger partial charge < -0.3 is 0 Å². The second-order valence-corrected chi connectivity index (χ2v) is 7.04. The fourth-order valence-corrected chi connectivity index (χ4v) is 3.16. The molecule has 19 heavy (non-hydrogen) atoms. The van der Waals surface area contributed by atoms with E-state index in [0.29, 0.717) is 17.4 Å². The molecule has 3 nitrogen and oxygen atoms in total. The van der Waals surface area contributed by atoms with E-state index < -0.39 is 10.0 Å². The predicted octanol–water partition coefficient (Wildman–Crippen LogP) is 4.07. The topological polar surface area (TPSA) is 46.2 Å². The number of benzene rings is 1. The quantitative estimate of drug-likeness (QED) is 0.571. The third-order valence-corrected chi connectivity index (χ3v) is 5.02. The molecule has 7 heteroatoms. The minimum absolute atomic E-state index is 0.127. The molecule has 108 valence electrons. The van der Waals surface area contributed by atoms with Crippen LogP contribution in [-0.2, 0) is 10.0 Å². The van der Waals surface area contributed by atoms with E-state index in [9.17, 15) is 8.42 Å². The lowest BCUT2D eigenvalue weighted by atomic mass is 10.2. The first-order valence-electron chi connectivity index (χ1n) is 5.98. The van der Waals surface area contributed by atoms with Crippen LogP contribution in [0.2, 0.25) is 10.0 Å². The maximum atomic E-state index is 12.0. The molecule has 1 aromatic rings. The Balaban J connectivity index is 2.49. The maximum absolute atomic E-state index is 12.0. The standard InChI is InChI=1S/C12H16Cl3NO2S/c13-7-3-1-2-4-8-16-19(17,18)10-5-6-11(14)12(15)9-10/h5-6,9,16H,1-4,7-8H2. The van der Waals surface area contributed by atoms with E-state index in [-0.39, 0.29) is 9.92 Å². The van der Waals surface area contributed by atoms with Crippen LogP contribution in [0.15, 0.2) is 23.1 Å². The molecule has 0 bridgehead atoms. The molecule has 0 spiro atoms. The Morgan fingerprint density at radius 3 is 2.32 bits per heavy atom. The van der Waals surface area contributed by atoms with Gasteiger partial charge in [0.2, 0.25) is 10.0 Å². The summed E-state index contributed by atoms with van der Waals surface area (Å²) in [5, 5.41) is 0.563. The van der Waals surface area contributed by atoms with Crippen molar-refractivity contribution in [3.8, 4) is 0 Å². The molecule has 0 aromatic heterocycles. The van der Waals surface area contributed by atoms with Gasteiger partial charge in [-0.3, -0.25) is 0 Å². The molecule has 0 aliphatic carbocycles. The van der Waals surface area contributed by atoms with Crippen molar-refractivity contribution in [2.45, 2.75) is 30.6 Å². The highest BCUT2D eigenvalue weighted by atomic mass is 35.5. The molecular formula is C12H16Cl3NO2S. The van der Waals surface area contributed by atoms with Crippen LogP contribution >= 0.6 is 34.8 Å². The Morgan fingerprint density at radius 2 is 1.68 bits per heavy atom. The van der Waals surface area contributed by atoms with Gasteiger partial charge in [0.05, 0.1) is 14.9 Å². The van der Waals surface area contributed by atoms with Gasteiger partial charge in [0.15, 0.2) is 0 Å². The van der Waals surface area contributed by atoms with Crippen LogP contribution < -0.4 is 4.72 Å². The van der Waals surface area contributed by atoms with Gasteiger partial charge >= 0.3 is 0 Å². The van der Waals surface area contributed by atoms with Gasteiger partial charge in [-0.15, -0.1) is 11.6 Å². The van der Waals surface area contributed by atoms with E-state index in [1.54, 1.807) is 0 Å². The lowest BCUT2D eigenvalue weighted by molar-refractivity contribution is 0.574. The van der Waals surface area contributed by atoms with E-state index in [4.69, 9.17) is 34.8 Å². The number of hydrogen-bond acceptors (Lipinski definition) is 2. The first kappa shape index (κ1) is 17.1. The number of unbranched alkanes of at least 4 members (excludes halogenated alkanes) is 3. The van der Waals surface area contributed by atoms with Crippen molar-refractivity contribution in [2.24, 2.45) is 0 Å². The highest BCUT2D eigenvalue weighted by Crippen LogP contribution is 2.24. The second kappa shape index (κ2) is 8.32. The van der Waals surface area contributed by atoms with Crippen molar-refractivity contribution >= 4 is 44.8 Å². The molecule has 0 heterocycles. The van der Waals surface area contributed by atoms with E-state index in [2.05, 4.69) is 4.72 Å². The maximum Gasteiger partial charge on any atom is 0.240 e. The number of sulfonamides is 1. The van der Waals surface area contributed by atoms with Gasteiger partial charge in [0.1, 0.15) is 0 Å². The zero-order chi connectivity index (χ0) is 14.3. The van der Waals surface area contributed by atoms with E-state index >= 15 is 0 Å². The molecule has 0 unspecified atom stereocenters. The molecule has 1 rings (SSSR count). The Hall–Kier alpha value is -0.000000000000000111. The summed E-state index contributed by atoms with van der Waals surface area (Å²) in [5.41, 5.74) is 0. The zero-order valence-electron chi connectivity index (χ0n) is 10.3. The van der Waals surface area contributed by atoms with Crippen LogP contribution in [-0.4, -0.2) is 20.8 Å². The van der Waals surface area contributed by atoms with Crippen molar-refractivity contribution in [3.05, 3.63) is 28.2 Å². The summed E-state index contributed by atoms with van der Waals surface area (Å²) in [4.78, 5) is 0.127. The molecule has 0 fully saturated rings. The Morgan fingerprint density at radius 1 is 1.00 bits per heavy atom. The number of nitrogens with one attached hydrogen (secondary N) is 1. The summed E-state index contributed by atoms with van der Waals surface area (Å²) < 4.78 is 26.4. The molecule has 0 radical (unpaired) electrons. The van der Waals surface area contributed by atoms with E-state index in [1.165, 1.54) is 18.2 Å². The normalized spacial score (nSPS) is 11.7. The minimum Gasteiger partial charge on any atom is -0.211 e. The third kappa shape index (κ3) is 5.88. The smallest absolute Gasteiger partial charge is 0.211 e. The van der Waals surface area contributed by atoms with Crippen LogP contribution in [0, 0.1) is 0 Å². The van der Waals surface area contributed by atoms with Crippen LogP contribution in [0.3, 0.4) is 0 Å². The lowest BCUT2D eigenvalue weighted by Crippen LogP contribution is -2.24. The first-order valence-corrected chi connectivity index (χ1v) is 8.75. The van der Waals surface area contributed by atoms with Crippen LogP contribution in [0.5, 0.6) is 0 Å². The average molecular weight is 345 g/mol.